The van der Waals surface area contributed by atoms with Crippen molar-refractivity contribution < 1.29 is 9.53 Å². The Hall–Kier alpha value is -2.17. The predicted molar refractivity (Wildman–Crippen MR) is 91.8 cm³/mol. The zero-order valence-electron chi connectivity index (χ0n) is 13.6. The van der Waals surface area contributed by atoms with Gasteiger partial charge in [-0.15, -0.1) is 0 Å². The number of benzene rings is 2. The van der Waals surface area contributed by atoms with E-state index < -0.39 is 0 Å². The Balaban J connectivity index is 1.65. The average Bonchev–Trinajstić information content (AvgIpc) is 2.56. The molecule has 0 saturated carbocycles. The summed E-state index contributed by atoms with van der Waals surface area (Å²) in [5.41, 5.74) is 3.74. The van der Waals surface area contributed by atoms with Crippen molar-refractivity contribution in [2.24, 2.45) is 0 Å². The lowest BCUT2D eigenvalue weighted by atomic mass is 10.1. The summed E-state index contributed by atoms with van der Waals surface area (Å²) in [7, 11) is 2.10. The monoisotopic (exact) mass is 310 g/mol. The van der Waals surface area contributed by atoms with Gasteiger partial charge in [0, 0.05) is 24.3 Å². The van der Waals surface area contributed by atoms with Gasteiger partial charge in [-0.25, -0.2) is 0 Å². The SMILES string of the molecule is Cc1ccc(C(=O)Nc2ccc(C3CN(C)CCO3)cc2)cc1. The quantitative estimate of drug-likeness (QED) is 0.946. The number of carbonyl (C=O) groups excluding carboxylic acids is 1. The summed E-state index contributed by atoms with van der Waals surface area (Å²) in [6.07, 6.45) is 0.107. The van der Waals surface area contributed by atoms with Gasteiger partial charge in [-0.1, -0.05) is 29.8 Å². The van der Waals surface area contributed by atoms with E-state index in [0.29, 0.717) is 5.56 Å². The van der Waals surface area contributed by atoms with Crippen molar-refractivity contribution >= 4 is 11.6 Å². The predicted octanol–water partition coefficient (Wildman–Crippen LogP) is 3.25. The van der Waals surface area contributed by atoms with Crippen molar-refractivity contribution in [2.45, 2.75) is 13.0 Å². The minimum absolute atomic E-state index is 0.0913. The normalized spacial score (nSPS) is 18.6. The zero-order valence-corrected chi connectivity index (χ0v) is 13.6. The fourth-order valence-electron chi connectivity index (χ4n) is 2.67. The van der Waals surface area contributed by atoms with Crippen LogP contribution in [0.15, 0.2) is 48.5 Å². The summed E-state index contributed by atoms with van der Waals surface area (Å²) in [6.45, 7) is 4.63. The van der Waals surface area contributed by atoms with Gasteiger partial charge >= 0.3 is 0 Å². The van der Waals surface area contributed by atoms with E-state index in [9.17, 15) is 4.79 Å². The highest BCUT2D eigenvalue weighted by Gasteiger charge is 2.19. The molecule has 0 spiro atoms. The summed E-state index contributed by atoms with van der Waals surface area (Å²) in [5.74, 6) is -0.0913. The average molecular weight is 310 g/mol. The molecule has 0 aromatic heterocycles. The molecule has 1 aliphatic rings. The number of aryl methyl sites for hydroxylation is 1. The minimum Gasteiger partial charge on any atom is -0.371 e. The summed E-state index contributed by atoms with van der Waals surface area (Å²) in [5, 5.41) is 2.93. The molecular formula is C19H22N2O2. The molecule has 0 bridgehead atoms. The van der Waals surface area contributed by atoms with Crippen LogP contribution < -0.4 is 5.32 Å². The zero-order chi connectivity index (χ0) is 16.2. The van der Waals surface area contributed by atoms with Crippen molar-refractivity contribution in [3.63, 3.8) is 0 Å². The number of anilines is 1. The second-order valence-electron chi connectivity index (χ2n) is 6.06. The molecule has 2 aromatic carbocycles. The van der Waals surface area contributed by atoms with Crippen LogP contribution in [0.5, 0.6) is 0 Å². The molecule has 4 heteroatoms. The number of morpholine rings is 1. The first-order valence-electron chi connectivity index (χ1n) is 7.90. The van der Waals surface area contributed by atoms with E-state index in [2.05, 4.69) is 17.3 Å². The Morgan fingerprint density at radius 2 is 1.83 bits per heavy atom. The molecule has 1 atom stereocenters. The van der Waals surface area contributed by atoms with Gasteiger partial charge in [0.05, 0.1) is 12.7 Å². The topological polar surface area (TPSA) is 41.6 Å². The minimum atomic E-state index is -0.0913. The summed E-state index contributed by atoms with van der Waals surface area (Å²) < 4.78 is 5.81. The van der Waals surface area contributed by atoms with E-state index in [1.54, 1.807) is 0 Å². The number of hydrogen-bond donors (Lipinski definition) is 1. The highest BCUT2D eigenvalue weighted by atomic mass is 16.5. The Labute approximate surface area is 137 Å². The lowest BCUT2D eigenvalue weighted by molar-refractivity contribution is -0.0208. The van der Waals surface area contributed by atoms with Gasteiger partial charge in [-0.3, -0.25) is 4.79 Å². The molecule has 1 aliphatic heterocycles. The molecule has 1 unspecified atom stereocenters. The molecule has 4 nitrogen and oxygen atoms in total. The van der Waals surface area contributed by atoms with Crippen LogP contribution in [-0.2, 0) is 4.74 Å². The number of hydrogen-bond acceptors (Lipinski definition) is 3. The molecular weight excluding hydrogens is 288 g/mol. The number of likely N-dealkylation sites (N-methyl/N-ethyl adjacent to an activating group) is 1. The van der Waals surface area contributed by atoms with Crippen LogP contribution in [0.4, 0.5) is 5.69 Å². The standard InChI is InChI=1S/C19H22N2O2/c1-14-3-5-16(6-4-14)19(22)20-17-9-7-15(8-10-17)18-13-21(2)11-12-23-18/h3-10,18H,11-13H2,1-2H3,(H,20,22). The first kappa shape index (κ1) is 15.7. The van der Waals surface area contributed by atoms with Crippen molar-refractivity contribution in [2.75, 3.05) is 32.1 Å². The maximum atomic E-state index is 12.2. The molecule has 1 fully saturated rings. The summed E-state index contributed by atoms with van der Waals surface area (Å²) in [4.78, 5) is 14.5. The maximum Gasteiger partial charge on any atom is 0.255 e. The largest absolute Gasteiger partial charge is 0.371 e. The van der Waals surface area contributed by atoms with Crippen LogP contribution in [0.25, 0.3) is 0 Å². The first-order valence-corrected chi connectivity index (χ1v) is 7.90. The van der Waals surface area contributed by atoms with Crippen LogP contribution in [0.3, 0.4) is 0 Å². The lowest BCUT2D eigenvalue weighted by Gasteiger charge is -2.30. The fourth-order valence-corrected chi connectivity index (χ4v) is 2.67. The van der Waals surface area contributed by atoms with Crippen molar-refractivity contribution in [3.8, 4) is 0 Å². The highest BCUT2D eigenvalue weighted by molar-refractivity contribution is 6.04. The first-order chi connectivity index (χ1) is 11.1. The van der Waals surface area contributed by atoms with Crippen LogP contribution in [0, 0.1) is 6.92 Å². The second-order valence-corrected chi connectivity index (χ2v) is 6.06. The molecule has 1 N–H and O–H groups in total. The number of nitrogens with zero attached hydrogens (tertiary/aromatic N) is 1. The lowest BCUT2D eigenvalue weighted by Crippen LogP contribution is -2.35. The Morgan fingerprint density at radius 3 is 2.48 bits per heavy atom. The Kier molecular flexibility index (Phi) is 4.74. The molecule has 1 saturated heterocycles. The number of amides is 1. The van der Waals surface area contributed by atoms with Crippen LogP contribution in [-0.4, -0.2) is 37.6 Å². The molecule has 1 heterocycles. The van der Waals surface area contributed by atoms with E-state index in [1.165, 1.54) is 0 Å². The summed E-state index contributed by atoms with van der Waals surface area (Å²) in [6, 6.07) is 15.5. The van der Waals surface area contributed by atoms with Crippen LogP contribution in [0.2, 0.25) is 0 Å². The number of rotatable bonds is 3. The van der Waals surface area contributed by atoms with E-state index in [0.717, 1.165) is 36.5 Å². The molecule has 23 heavy (non-hydrogen) atoms. The molecule has 2 aromatic rings. The molecule has 3 rings (SSSR count). The van der Waals surface area contributed by atoms with Crippen LogP contribution in [0.1, 0.15) is 27.6 Å². The van der Waals surface area contributed by atoms with Gasteiger partial charge in [-0.2, -0.15) is 0 Å². The van der Waals surface area contributed by atoms with Gasteiger partial charge in [0.2, 0.25) is 0 Å². The fraction of sp³-hybridized carbons (Fsp3) is 0.316. The van der Waals surface area contributed by atoms with E-state index in [-0.39, 0.29) is 12.0 Å². The third-order valence-electron chi connectivity index (χ3n) is 4.12. The van der Waals surface area contributed by atoms with Crippen molar-refractivity contribution in [3.05, 3.63) is 65.2 Å². The smallest absolute Gasteiger partial charge is 0.255 e. The van der Waals surface area contributed by atoms with Gasteiger partial charge in [0.15, 0.2) is 0 Å². The van der Waals surface area contributed by atoms with Crippen molar-refractivity contribution in [1.29, 1.82) is 0 Å². The van der Waals surface area contributed by atoms with Gasteiger partial charge in [0.1, 0.15) is 0 Å². The number of nitrogens with one attached hydrogen (secondary N) is 1. The van der Waals surface area contributed by atoms with Crippen molar-refractivity contribution in [1.82, 2.24) is 4.90 Å². The number of ether oxygens (including phenoxy) is 1. The molecule has 0 radical (unpaired) electrons. The third kappa shape index (κ3) is 3.97. The maximum absolute atomic E-state index is 12.2. The molecule has 1 amide bonds. The van der Waals surface area contributed by atoms with Gasteiger partial charge in [0.25, 0.3) is 5.91 Å². The van der Waals surface area contributed by atoms with E-state index in [4.69, 9.17) is 4.74 Å². The van der Waals surface area contributed by atoms with Crippen LogP contribution >= 0.6 is 0 Å². The molecule has 0 aliphatic carbocycles. The summed E-state index contributed by atoms with van der Waals surface area (Å²) >= 11 is 0. The third-order valence-corrected chi connectivity index (χ3v) is 4.12. The van der Waals surface area contributed by atoms with Gasteiger partial charge < -0.3 is 15.0 Å². The van der Waals surface area contributed by atoms with E-state index in [1.807, 2.05) is 55.5 Å². The number of carbonyl (C=O) groups is 1. The highest BCUT2D eigenvalue weighted by Crippen LogP contribution is 2.23. The Morgan fingerprint density at radius 1 is 1.13 bits per heavy atom. The second kappa shape index (κ2) is 6.94. The van der Waals surface area contributed by atoms with Gasteiger partial charge in [-0.05, 0) is 43.8 Å². The van der Waals surface area contributed by atoms with E-state index >= 15 is 0 Å². The Bertz CT molecular complexity index is 665. The molecule has 120 valence electrons.